The number of hydrogen-bond acceptors (Lipinski definition) is 4. The Morgan fingerprint density at radius 3 is 2.35 bits per heavy atom. The van der Waals surface area contributed by atoms with E-state index in [-0.39, 0.29) is 6.61 Å². The van der Waals surface area contributed by atoms with Gasteiger partial charge < -0.3 is 0 Å². The molecule has 0 saturated carbocycles. The van der Waals surface area contributed by atoms with Crippen LogP contribution in [0.1, 0.15) is 11.1 Å². The van der Waals surface area contributed by atoms with Gasteiger partial charge in [-0.05, 0) is 22.8 Å². The van der Waals surface area contributed by atoms with Gasteiger partial charge in [0.25, 0.3) is 10.1 Å². The highest BCUT2D eigenvalue weighted by atomic mass is 32.2. The lowest BCUT2D eigenvalue weighted by Gasteiger charge is -2.06. The second-order valence-corrected chi connectivity index (χ2v) is 5.96. The first-order chi connectivity index (χ1) is 9.49. The van der Waals surface area contributed by atoms with Crippen molar-refractivity contribution >= 4 is 10.1 Å². The van der Waals surface area contributed by atoms with Gasteiger partial charge in [-0.1, -0.05) is 42.5 Å². The molecular weight excluding hydrogens is 274 g/mol. The predicted molar refractivity (Wildman–Crippen MR) is 76.2 cm³/mol. The van der Waals surface area contributed by atoms with Crippen molar-refractivity contribution in [1.82, 2.24) is 0 Å². The van der Waals surface area contributed by atoms with Crippen molar-refractivity contribution < 1.29 is 12.6 Å². The Balaban J connectivity index is 2.22. The van der Waals surface area contributed by atoms with Crippen LogP contribution in [0.25, 0.3) is 11.1 Å². The Kier molecular flexibility index (Phi) is 4.18. The lowest BCUT2D eigenvalue weighted by atomic mass is 9.99. The molecule has 0 N–H and O–H groups in total. The summed E-state index contributed by atoms with van der Waals surface area (Å²) in [5.74, 6) is 0. The predicted octanol–water partition coefficient (Wildman–Crippen LogP) is 2.70. The molecule has 0 heterocycles. The second kappa shape index (κ2) is 5.87. The molecule has 0 amide bonds. The first kappa shape index (κ1) is 14.3. The maximum Gasteiger partial charge on any atom is 0.264 e. The van der Waals surface area contributed by atoms with Gasteiger partial charge in [-0.3, -0.25) is 4.18 Å². The zero-order valence-corrected chi connectivity index (χ0v) is 11.7. The normalized spacial score (nSPS) is 11.0. The minimum Gasteiger partial charge on any atom is -0.265 e. The monoisotopic (exact) mass is 287 g/mol. The molecule has 0 aliphatic heterocycles. The lowest BCUT2D eigenvalue weighted by molar-refractivity contribution is 0.312. The third-order valence-corrected chi connectivity index (χ3v) is 3.30. The number of benzene rings is 2. The van der Waals surface area contributed by atoms with E-state index in [4.69, 9.17) is 9.44 Å². The minimum atomic E-state index is -3.44. The van der Waals surface area contributed by atoms with Gasteiger partial charge in [-0.25, -0.2) is 0 Å². The van der Waals surface area contributed by atoms with Gasteiger partial charge >= 0.3 is 0 Å². The summed E-state index contributed by atoms with van der Waals surface area (Å²) in [5, 5.41) is 9.07. The molecule has 0 bridgehead atoms. The molecule has 4 nitrogen and oxygen atoms in total. The van der Waals surface area contributed by atoms with E-state index in [0.717, 1.165) is 22.9 Å². The summed E-state index contributed by atoms with van der Waals surface area (Å²) >= 11 is 0. The standard InChI is InChI=1S/C15H13NO3S/c1-20(17,18)19-11-12-6-8-13(9-7-12)15-5-3-2-4-14(15)10-16/h2-9H,11H2,1H3. The topological polar surface area (TPSA) is 67.2 Å². The van der Waals surface area contributed by atoms with Gasteiger partial charge in [0.05, 0.1) is 24.5 Å². The maximum absolute atomic E-state index is 10.9. The van der Waals surface area contributed by atoms with E-state index in [0.29, 0.717) is 5.56 Å². The average Bonchev–Trinajstić information content (AvgIpc) is 2.45. The SMILES string of the molecule is CS(=O)(=O)OCc1ccc(-c2ccccc2C#N)cc1. The van der Waals surface area contributed by atoms with E-state index in [9.17, 15) is 8.42 Å². The molecule has 20 heavy (non-hydrogen) atoms. The number of nitrogens with zero attached hydrogens (tertiary/aromatic N) is 1. The van der Waals surface area contributed by atoms with Gasteiger partial charge in [-0.2, -0.15) is 13.7 Å². The van der Waals surface area contributed by atoms with Crippen LogP contribution in [0.5, 0.6) is 0 Å². The van der Waals surface area contributed by atoms with Gasteiger partial charge in [-0.15, -0.1) is 0 Å². The number of rotatable bonds is 4. The van der Waals surface area contributed by atoms with E-state index in [1.165, 1.54) is 0 Å². The Bertz CT molecular complexity index is 743. The van der Waals surface area contributed by atoms with Crippen LogP contribution >= 0.6 is 0 Å². The molecule has 0 aromatic heterocycles. The molecule has 5 heteroatoms. The molecule has 0 atom stereocenters. The maximum atomic E-state index is 10.9. The fraction of sp³-hybridized carbons (Fsp3) is 0.133. The van der Waals surface area contributed by atoms with E-state index < -0.39 is 10.1 Å². The van der Waals surface area contributed by atoms with E-state index in [1.54, 1.807) is 18.2 Å². The molecule has 0 saturated heterocycles. The van der Waals surface area contributed by atoms with Crippen LogP contribution in [-0.2, 0) is 20.9 Å². The van der Waals surface area contributed by atoms with Crippen molar-refractivity contribution in [3.05, 3.63) is 59.7 Å². The fourth-order valence-electron chi connectivity index (χ4n) is 1.79. The van der Waals surface area contributed by atoms with Gasteiger partial charge in [0.2, 0.25) is 0 Å². The van der Waals surface area contributed by atoms with E-state index >= 15 is 0 Å². The molecule has 0 radical (unpaired) electrons. The molecule has 102 valence electrons. The summed E-state index contributed by atoms with van der Waals surface area (Å²) in [6.45, 7) is 0.0129. The van der Waals surface area contributed by atoms with Crippen LogP contribution in [0.2, 0.25) is 0 Å². The summed E-state index contributed by atoms with van der Waals surface area (Å²) in [4.78, 5) is 0. The Morgan fingerprint density at radius 2 is 1.75 bits per heavy atom. The molecule has 0 aliphatic carbocycles. The summed E-state index contributed by atoms with van der Waals surface area (Å²) in [7, 11) is -3.44. The van der Waals surface area contributed by atoms with Crippen molar-refractivity contribution in [3.8, 4) is 17.2 Å². The molecular formula is C15H13NO3S. The largest absolute Gasteiger partial charge is 0.265 e. The lowest BCUT2D eigenvalue weighted by Crippen LogP contribution is -2.02. The minimum absolute atomic E-state index is 0.0129. The summed E-state index contributed by atoms with van der Waals surface area (Å²) < 4.78 is 26.6. The van der Waals surface area contributed by atoms with Crippen LogP contribution in [0.15, 0.2) is 48.5 Å². The zero-order chi connectivity index (χ0) is 14.6. The molecule has 0 aliphatic rings. The second-order valence-electron chi connectivity index (χ2n) is 4.32. The van der Waals surface area contributed by atoms with Crippen LogP contribution in [0.3, 0.4) is 0 Å². The van der Waals surface area contributed by atoms with E-state index in [1.807, 2.05) is 30.3 Å². The van der Waals surface area contributed by atoms with Gasteiger partial charge in [0, 0.05) is 0 Å². The quantitative estimate of drug-likeness (QED) is 0.811. The molecule has 2 rings (SSSR count). The Hall–Kier alpha value is -2.16. The van der Waals surface area contributed by atoms with Crippen LogP contribution in [0, 0.1) is 11.3 Å². The summed E-state index contributed by atoms with van der Waals surface area (Å²) in [6.07, 6.45) is 1.02. The first-order valence-electron chi connectivity index (χ1n) is 5.92. The summed E-state index contributed by atoms with van der Waals surface area (Å²) in [5.41, 5.74) is 3.12. The summed E-state index contributed by atoms with van der Waals surface area (Å²) in [6, 6.07) is 16.7. The fourth-order valence-corrected chi connectivity index (χ4v) is 2.14. The van der Waals surface area contributed by atoms with Crippen molar-refractivity contribution in [1.29, 1.82) is 5.26 Å². The molecule has 0 fully saturated rings. The smallest absolute Gasteiger partial charge is 0.264 e. The van der Waals surface area contributed by atoms with Crippen LogP contribution in [0.4, 0.5) is 0 Å². The number of nitriles is 1. The van der Waals surface area contributed by atoms with Crippen molar-refractivity contribution in [3.63, 3.8) is 0 Å². The Morgan fingerprint density at radius 1 is 1.10 bits per heavy atom. The Labute approximate surface area is 118 Å². The average molecular weight is 287 g/mol. The van der Waals surface area contributed by atoms with Crippen LogP contribution in [-0.4, -0.2) is 14.7 Å². The third kappa shape index (κ3) is 3.67. The highest BCUT2D eigenvalue weighted by Gasteiger charge is 2.05. The number of hydrogen-bond donors (Lipinski definition) is 0. The van der Waals surface area contributed by atoms with Crippen molar-refractivity contribution in [2.75, 3.05) is 6.26 Å². The highest BCUT2D eigenvalue weighted by molar-refractivity contribution is 7.85. The molecule has 2 aromatic rings. The van der Waals surface area contributed by atoms with E-state index in [2.05, 4.69) is 6.07 Å². The highest BCUT2D eigenvalue weighted by Crippen LogP contribution is 2.23. The zero-order valence-electron chi connectivity index (χ0n) is 10.9. The van der Waals surface area contributed by atoms with Gasteiger partial charge in [0.1, 0.15) is 0 Å². The van der Waals surface area contributed by atoms with Crippen LogP contribution < -0.4 is 0 Å². The molecule has 2 aromatic carbocycles. The molecule has 0 spiro atoms. The molecule has 0 unspecified atom stereocenters. The van der Waals surface area contributed by atoms with Gasteiger partial charge in [0.15, 0.2) is 0 Å². The van der Waals surface area contributed by atoms with Crippen molar-refractivity contribution in [2.45, 2.75) is 6.61 Å². The first-order valence-corrected chi connectivity index (χ1v) is 7.74. The van der Waals surface area contributed by atoms with Crippen molar-refractivity contribution in [2.24, 2.45) is 0 Å². The third-order valence-electron chi connectivity index (χ3n) is 2.75.